The molecular formula is C20H26N6O4S. The Balaban J connectivity index is 1.96. The molecule has 11 heteroatoms. The van der Waals surface area contributed by atoms with Crippen LogP contribution in [0.25, 0.3) is 5.78 Å². The summed E-state index contributed by atoms with van der Waals surface area (Å²) in [6.45, 7) is 9.92. The number of aromatic nitrogens is 4. The first kappa shape index (κ1) is 22.6. The van der Waals surface area contributed by atoms with E-state index in [0.717, 1.165) is 11.4 Å². The number of sulfonamides is 1. The van der Waals surface area contributed by atoms with Gasteiger partial charge in [-0.05, 0) is 45.0 Å². The number of amides is 1. The molecule has 0 aliphatic carbocycles. The minimum absolute atomic E-state index is 0.00746. The van der Waals surface area contributed by atoms with Gasteiger partial charge in [0.2, 0.25) is 15.8 Å². The molecule has 0 fully saturated rings. The van der Waals surface area contributed by atoms with E-state index >= 15 is 0 Å². The highest BCUT2D eigenvalue weighted by Crippen LogP contribution is 2.30. The van der Waals surface area contributed by atoms with Crippen LogP contribution in [0.3, 0.4) is 0 Å². The van der Waals surface area contributed by atoms with Crippen LogP contribution in [0.4, 0.5) is 5.69 Å². The molecule has 10 nitrogen and oxygen atoms in total. The van der Waals surface area contributed by atoms with Crippen LogP contribution < -0.4 is 10.1 Å². The summed E-state index contributed by atoms with van der Waals surface area (Å²) in [7, 11) is -3.80. The smallest absolute Gasteiger partial charge is 0.295 e. The van der Waals surface area contributed by atoms with Crippen molar-refractivity contribution in [2.24, 2.45) is 0 Å². The van der Waals surface area contributed by atoms with Crippen LogP contribution in [0, 0.1) is 13.8 Å². The molecule has 31 heavy (non-hydrogen) atoms. The van der Waals surface area contributed by atoms with E-state index in [0.29, 0.717) is 31.2 Å². The normalized spacial score (nSPS) is 11.8. The molecule has 166 valence electrons. The standard InChI is InChI=1S/C20H26N6O4S/c1-6-25(7-2)31(28,29)17-12-15(9-10-16(17)30-8-3)22-19(27)18-23-20-21-13(4)11-14(5)26(20)24-18/h9-12H,6-8H2,1-5H3,(H,22,27). The minimum Gasteiger partial charge on any atom is -0.492 e. The summed E-state index contributed by atoms with van der Waals surface area (Å²) in [5.74, 6) is -0.0890. The average molecular weight is 447 g/mol. The monoisotopic (exact) mass is 446 g/mol. The molecule has 0 aliphatic rings. The predicted molar refractivity (Wildman–Crippen MR) is 116 cm³/mol. The number of ether oxygens (including phenoxy) is 1. The topological polar surface area (TPSA) is 119 Å². The Hall–Kier alpha value is -3.05. The van der Waals surface area contributed by atoms with Gasteiger partial charge in [0.25, 0.3) is 11.7 Å². The van der Waals surface area contributed by atoms with E-state index in [9.17, 15) is 13.2 Å². The van der Waals surface area contributed by atoms with Crippen LogP contribution >= 0.6 is 0 Å². The third kappa shape index (κ3) is 4.52. The number of hydrogen-bond donors (Lipinski definition) is 1. The fraction of sp³-hybridized carbons (Fsp3) is 0.400. The van der Waals surface area contributed by atoms with Gasteiger partial charge in [-0.15, -0.1) is 5.10 Å². The van der Waals surface area contributed by atoms with Crippen molar-refractivity contribution < 1.29 is 17.9 Å². The molecule has 2 aromatic heterocycles. The molecule has 3 aromatic rings. The second kappa shape index (κ2) is 8.98. The third-order valence-electron chi connectivity index (χ3n) is 4.65. The highest BCUT2D eigenvalue weighted by atomic mass is 32.2. The summed E-state index contributed by atoms with van der Waals surface area (Å²) in [5.41, 5.74) is 1.85. The fourth-order valence-electron chi connectivity index (χ4n) is 3.21. The molecule has 0 saturated carbocycles. The van der Waals surface area contributed by atoms with Gasteiger partial charge in [0, 0.05) is 30.2 Å². The summed E-state index contributed by atoms with van der Waals surface area (Å²) in [4.78, 5) is 21.2. The van der Waals surface area contributed by atoms with Crippen LogP contribution in [0.15, 0.2) is 29.2 Å². The lowest BCUT2D eigenvalue weighted by molar-refractivity contribution is 0.101. The van der Waals surface area contributed by atoms with Gasteiger partial charge in [-0.2, -0.15) is 9.29 Å². The van der Waals surface area contributed by atoms with Gasteiger partial charge < -0.3 is 10.1 Å². The highest BCUT2D eigenvalue weighted by molar-refractivity contribution is 7.89. The van der Waals surface area contributed by atoms with Gasteiger partial charge in [-0.25, -0.2) is 17.9 Å². The first-order chi connectivity index (χ1) is 14.7. The number of hydrogen-bond acceptors (Lipinski definition) is 7. The number of benzene rings is 1. The summed E-state index contributed by atoms with van der Waals surface area (Å²) in [6.07, 6.45) is 0. The Bertz CT molecular complexity index is 1220. The summed E-state index contributed by atoms with van der Waals surface area (Å²) in [5, 5.41) is 6.87. The molecule has 1 aromatic carbocycles. The van der Waals surface area contributed by atoms with Gasteiger partial charge in [-0.3, -0.25) is 4.79 Å². The van der Waals surface area contributed by atoms with Crippen LogP contribution in [0.5, 0.6) is 5.75 Å². The SMILES string of the molecule is CCOc1ccc(NC(=O)c2nc3nc(C)cc(C)n3n2)cc1S(=O)(=O)N(CC)CC. The Morgan fingerprint density at radius 2 is 1.84 bits per heavy atom. The predicted octanol–water partition coefficient (Wildman–Crippen LogP) is 2.42. The molecule has 3 rings (SSSR count). The van der Waals surface area contributed by atoms with Crippen LogP contribution in [0.1, 0.15) is 42.8 Å². The Morgan fingerprint density at radius 1 is 1.13 bits per heavy atom. The van der Waals surface area contributed by atoms with E-state index in [2.05, 4.69) is 20.4 Å². The van der Waals surface area contributed by atoms with Crippen molar-refractivity contribution in [3.63, 3.8) is 0 Å². The van der Waals surface area contributed by atoms with E-state index in [1.165, 1.54) is 21.0 Å². The van der Waals surface area contributed by atoms with Crippen molar-refractivity contribution in [1.29, 1.82) is 0 Å². The summed E-state index contributed by atoms with van der Waals surface area (Å²) >= 11 is 0. The summed E-state index contributed by atoms with van der Waals surface area (Å²) < 4.78 is 34.5. The van der Waals surface area contributed by atoms with Gasteiger partial charge in [0.15, 0.2) is 0 Å². The van der Waals surface area contributed by atoms with Crippen LogP contribution in [-0.4, -0.2) is 57.9 Å². The van der Waals surface area contributed by atoms with Crippen molar-refractivity contribution in [3.05, 3.63) is 41.5 Å². The minimum atomic E-state index is -3.80. The lowest BCUT2D eigenvalue weighted by Crippen LogP contribution is -2.31. The number of carbonyl (C=O) groups is 1. The molecule has 1 N–H and O–H groups in total. The molecule has 0 unspecified atom stereocenters. The van der Waals surface area contributed by atoms with Crippen molar-refractivity contribution >= 4 is 27.4 Å². The highest BCUT2D eigenvalue weighted by Gasteiger charge is 2.26. The van der Waals surface area contributed by atoms with Crippen molar-refractivity contribution in [1.82, 2.24) is 23.9 Å². The zero-order valence-electron chi connectivity index (χ0n) is 18.2. The number of rotatable bonds is 8. The van der Waals surface area contributed by atoms with E-state index in [1.54, 1.807) is 26.8 Å². The van der Waals surface area contributed by atoms with Crippen LogP contribution in [-0.2, 0) is 10.0 Å². The second-order valence-corrected chi connectivity index (χ2v) is 8.73. The first-order valence-corrected chi connectivity index (χ1v) is 11.4. The van der Waals surface area contributed by atoms with Crippen molar-refractivity contribution in [2.45, 2.75) is 39.5 Å². The van der Waals surface area contributed by atoms with E-state index in [-0.39, 0.29) is 16.5 Å². The van der Waals surface area contributed by atoms with E-state index in [1.807, 2.05) is 19.9 Å². The largest absolute Gasteiger partial charge is 0.492 e. The molecule has 1 amide bonds. The average Bonchev–Trinajstić information content (AvgIpc) is 3.14. The number of carbonyl (C=O) groups excluding carboxylic acids is 1. The molecule has 0 bridgehead atoms. The fourth-order valence-corrected chi connectivity index (χ4v) is 4.83. The second-order valence-electron chi connectivity index (χ2n) is 6.82. The molecule has 0 saturated heterocycles. The maximum absolute atomic E-state index is 13.1. The van der Waals surface area contributed by atoms with Gasteiger partial charge in [0.1, 0.15) is 10.6 Å². The van der Waals surface area contributed by atoms with Gasteiger partial charge in [-0.1, -0.05) is 13.8 Å². The number of nitrogens with one attached hydrogen (secondary N) is 1. The lowest BCUT2D eigenvalue weighted by Gasteiger charge is -2.21. The molecule has 0 atom stereocenters. The summed E-state index contributed by atoms with van der Waals surface area (Å²) in [6, 6.07) is 6.33. The first-order valence-electron chi connectivity index (χ1n) is 10.0. The van der Waals surface area contributed by atoms with Gasteiger partial charge >= 0.3 is 0 Å². The van der Waals surface area contributed by atoms with E-state index < -0.39 is 15.9 Å². The third-order valence-corrected chi connectivity index (χ3v) is 6.72. The zero-order valence-corrected chi connectivity index (χ0v) is 19.0. The lowest BCUT2D eigenvalue weighted by atomic mass is 10.3. The molecular weight excluding hydrogens is 420 g/mol. The van der Waals surface area contributed by atoms with Crippen molar-refractivity contribution in [3.8, 4) is 5.75 Å². The zero-order chi connectivity index (χ0) is 22.8. The molecule has 0 radical (unpaired) electrons. The Labute approximate surface area is 181 Å². The maximum atomic E-state index is 13.1. The van der Waals surface area contributed by atoms with E-state index in [4.69, 9.17) is 4.74 Å². The number of anilines is 1. The molecule has 2 heterocycles. The number of aryl methyl sites for hydroxylation is 2. The van der Waals surface area contributed by atoms with Gasteiger partial charge in [0.05, 0.1) is 6.61 Å². The number of nitrogens with zero attached hydrogens (tertiary/aromatic N) is 5. The Morgan fingerprint density at radius 3 is 2.48 bits per heavy atom. The quantitative estimate of drug-likeness (QED) is 0.564. The number of fused-ring (bicyclic) bond motifs is 1. The molecule has 0 spiro atoms. The molecule has 0 aliphatic heterocycles. The van der Waals surface area contributed by atoms with Crippen molar-refractivity contribution in [2.75, 3.05) is 25.0 Å². The maximum Gasteiger partial charge on any atom is 0.295 e. The Kier molecular flexibility index (Phi) is 6.56. The van der Waals surface area contributed by atoms with Crippen LogP contribution in [0.2, 0.25) is 0 Å².